The van der Waals surface area contributed by atoms with Gasteiger partial charge in [0.1, 0.15) is 11.5 Å². The van der Waals surface area contributed by atoms with E-state index >= 15 is 0 Å². The smallest absolute Gasteiger partial charge is 0.320 e. The summed E-state index contributed by atoms with van der Waals surface area (Å²) in [5.74, 6) is -0.429. The minimum absolute atomic E-state index is 0.0351. The number of carbonyl (C=O) groups excluding carboxylic acids is 2. The molecule has 2 rings (SSSR count). The van der Waals surface area contributed by atoms with Crippen molar-refractivity contribution in [3.63, 3.8) is 0 Å². The van der Waals surface area contributed by atoms with E-state index in [0.717, 1.165) is 0 Å². The molecule has 0 fully saturated rings. The summed E-state index contributed by atoms with van der Waals surface area (Å²) < 4.78 is 10.6. The van der Waals surface area contributed by atoms with E-state index in [9.17, 15) is 19.8 Å². The lowest BCUT2D eigenvalue weighted by atomic mass is 10.1. The Labute approximate surface area is 201 Å². The summed E-state index contributed by atoms with van der Waals surface area (Å²) in [6.07, 6.45) is -0.467. The molecule has 8 heteroatoms. The van der Waals surface area contributed by atoms with E-state index in [4.69, 9.17) is 9.47 Å². The SMILES string of the molecule is CC(C)OC(=O)CN(CCN(CC(=O)OC(C)C)Cc1ccccc1O)Cc1ccccc1O. The molecule has 0 aliphatic carbocycles. The van der Waals surface area contributed by atoms with Crippen LogP contribution in [0.1, 0.15) is 38.8 Å². The molecule has 0 unspecified atom stereocenters. The monoisotopic (exact) mass is 472 g/mol. The molecule has 0 radical (unpaired) electrons. The van der Waals surface area contributed by atoms with E-state index in [2.05, 4.69) is 0 Å². The van der Waals surface area contributed by atoms with Crippen LogP contribution in [-0.4, -0.2) is 70.3 Å². The lowest BCUT2D eigenvalue weighted by molar-refractivity contribution is -0.150. The van der Waals surface area contributed by atoms with Gasteiger partial charge in [-0.2, -0.15) is 0 Å². The standard InChI is InChI=1S/C26H36N2O6/c1-19(2)33-25(31)17-27(15-21-9-5-7-11-23(21)29)13-14-28(18-26(32)34-20(3)4)16-22-10-6-8-12-24(22)30/h5-12,19-20,29-30H,13-18H2,1-4H3. The van der Waals surface area contributed by atoms with E-state index in [1.54, 1.807) is 64.1 Å². The number of hydrogen-bond donors (Lipinski definition) is 2. The van der Waals surface area contributed by atoms with Crippen LogP contribution < -0.4 is 0 Å². The predicted octanol–water partition coefficient (Wildman–Crippen LogP) is 3.31. The highest BCUT2D eigenvalue weighted by atomic mass is 16.5. The molecule has 8 nitrogen and oxygen atoms in total. The van der Waals surface area contributed by atoms with Crippen LogP contribution in [0.4, 0.5) is 0 Å². The van der Waals surface area contributed by atoms with Crippen molar-refractivity contribution >= 4 is 11.9 Å². The first-order chi connectivity index (χ1) is 16.1. The first-order valence-electron chi connectivity index (χ1n) is 11.5. The lowest BCUT2D eigenvalue weighted by Gasteiger charge is -2.27. The van der Waals surface area contributed by atoms with E-state index in [1.807, 2.05) is 21.9 Å². The molecule has 2 N–H and O–H groups in total. The van der Waals surface area contributed by atoms with Gasteiger partial charge in [0.05, 0.1) is 25.3 Å². The summed E-state index contributed by atoms with van der Waals surface area (Å²) in [6.45, 7) is 8.75. The zero-order valence-electron chi connectivity index (χ0n) is 20.4. The molecule has 0 amide bonds. The second-order valence-electron chi connectivity index (χ2n) is 8.76. The Morgan fingerprint density at radius 2 is 1.06 bits per heavy atom. The molecule has 0 spiro atoms. The lowest BCUT2D eigenvalue weighted by Crippen LogP contribution is -2.40. The van der Waals surface area contributed by atoms with Gasteiger partial charge in [0.2, 0.25) is 0 Å². The molecular weight excluding hydrogens is 436 g/mol. The number of esters is 2. The normalized spacial score (nSPS) is 11.4. The number of nitrogens with zero attached hydrogens (tertiary/aromatic N) is 2. The van der Waals surface area contributed by atoms with Gasteiger partial charge in [0.15, 0.2) is 0 Å². The molecule has 0 aliphatic rings. The number of aromatic hydroxyl groups is 2. The molecule has 0 aliphatic heterocycles. The van der Waals surface area contributed by atoms with Crippen LogP contribution in [0.5, 0.6) is 11.5 Å². The fourth-order valence-electron chi connectivity index (χ4n) is 3.45. The molecule has 2 aromatic carbocycles. The quantitative estimate of drug-likeness (QED) is 0.429. The highest BCUT2D eigenvalue weighted by Gasteiger charge is 2.19. The Morgan fingerprint density at radius 3 is 1.38 bits per heavy atom. The fraction of sp³-hybridized carbons (Fsp3) is 0.462. The van der Waals surface area contributed by atoms with Crippen LogP contribution in [0, 0.1) is 0 Å². The van der Waals surface area contributed by atoms with Crippen molar-refractivity contribution in [3.8, 4) is 11.5 Å². The van der Waals surface area contributed by atoms with Gasteiger partial charge >= 0.3 is 11.9 Å². The van der Waals surface area contributed by atoms with Gasteiger partial charge in [0, 0.05) is 37.3 Å². The number of rotatable bonds is 13. The van der Waals surface area contributed by atoms with E-state index in [0.29, 0.717) is 37.3 Å². The highest BCUT2D eigenvalue weighted by molar-refractivity contribution is 5.72. The molecule has 186 valence electrons. The summed E-state index contributed by atoms with van der Waals surface area (Å²) in [5, 5.41) is 20.4. The molecule has 34 heavy (non-hydrogen) atoms. The van der Waals surface area contributed by atoms with Crippen molar-refractivity contribution in [1.82, 2.24) is 9.80 Å². The van der Waals surface area contributed by atoms with E-state index in [1.165, 1.54) is 0 Å². The molecular formula is C26H36N2O6. The number of phenolic OH excluding ortho intramolecular Hbond substituents is 2. The third-order valence-corrected chi connectivity index (χ3v) is 4.94. The third kappa shape index (κ3) is 9.80. The molecule has 0 bridgehead atoms. The van der Waals surface area contributed by atoms with Crippen molar-refractivity contribution in [3.05, 3.63) is 59.7 Å². The number of phenols is 2. The van der Waals surface area contributed by atoms with Gasteiger partial charge < -0.3 is 19.7 Å². The second kappa shape index (κ2) is 13.6. The largest absolute Gasteiger partial charge is 0.508 e. The van der Waals surface area contributed by atoms with Crippen LogP contribution in [0.25, 0.3) is 0 Å². The predicted molar refractivity (Wildman–Crippen MR) is 129 cm³/mol. The maximum absolute atomic E-state index is 12.4. The van der Waals surface area contributed by atoms with Crippen LogP contribution in [-0.2, 0) is 32.2 Å². The highest BCUT2D eigenvalue weighted by Crippen LogP contribution is 2.20. The summed E-state index contributed by atoms with van der Waals surface area (Å²) in [4.78, 5) is 28.5. The minimum atomic E-state index is -0.364. The van der Waals surface area contributed by atoms with Crippen LogP contribution in [0.3, 0.4) is 0 Å². The maximum Gasteiger partial charge on any atom is 0.320 e. The number of para-hydroxylation sites is 2. The average molecular weight is 473 g/mol. The Kier molecular flexibility index (Phi) is 10.8. The molecule has 0 saturated carbocycles. The van der Waals surface area contributed by atoms with Crippen molar-refractivity contribution in [2.75, 3.05) is 26.2 Å². The molecule has 0 aromatic heterocycles. The number of carbonyl (C=O) groups is 2. The summed E-state index contributed by atoms with van der Waals surface area (Å²) >= 11 is 0. The minimum Gasteiger partial charge on any atom is -0.508 e. The van der Waals surface area contributed by atoms with Crippen molar-refractivity contribution in [2.45, 2.75) is 53.0 Å². The zero-order chi connectivity index (χ0) is 25.1. The van der Waals surface area contributed by atoms with Crippen molar-refractivity contribution < 1.29 is 29.3 Å². The van der Waals surface area contributed by atoms with Gasteiger partial charge in [-0.3, -0.25) is 19.4 Å². The molecule has 0 saturated heterocycles. The van der Waals surface area contributed by atoms with Gasteiger partial charge in [-0.05, 0) is 39.8 Å². The van der Waals surface area contributed by atoms with Crippen LogP contribution in [0.15, 0.2) is 48.5 Å². The van der Waals surface area contributed by atoms with Crippen molar-refractivity contribution in [2.24, 2.45) is 0 Å². The third-order valence-electron chi connectivity index (χ3n) is 4.94. The van der Waals surface area contributed by atoms with Gasteiger partial charge in [-0.1, -0.05) is 36.4 Å². The molecule has 0 heterocycles. The van der Waals surface area contributed by atoms with Crippen molar-refractivity contribution in [1.29, 1.82) is 0 Å². The molecule has 2 aromatic rings. The van der Waals surface area contributed by atoms with Gasteiger partial charge in [-0.15, -0.1) is 0 Å². The Morgan fingerprint density at radius 1 is 0.706 bits per heavy atom. The van der Waals surface area contributed by atoms with E-state index in [-0.39, 0.29) is 48.7 Å². The Bertz CT molecular complexity index is 856. The first-order valence-corrected chi connectivity index (χ1v) is 11.5. The first kappa shape index (κ1) is 27.1. The maximum atomic E-state index is 12.4. The number of benzene rings is 2. The molecule has 0 atom stereocenters. The number of hydrogen-bond acceptors (Lipinski definition) is 8. The van der Waals surface area contributed by atoms with Gasteiger partial charge in [0.25, 0.3) is 0 Å². The van der Waals surface area contributed by atoms with E-state index < -0.39 is 0 Å². The summed E-state index contributed by atoms with van der Waals surface area (Å²) in [6, 6.07) is 13.9. The second-order valence-corrected chi connectivity index (χ2v) is 8.76. The Balaban J connectivity index is 2.16. The number of ether oxygens (including phenoxy) is 2. The summed E-state index contributed by atoms with van der Waals surface area (Å²) in [5.41, 5.74) is 1.37. The zero-order valence-corrected chi connectivity index (χ0v) is 20.4. The topological polar surface area (TPSA) is 99.5 Å². The van der Waals surface area contributed by atoms with Crippen LogP contribution >= 0.6 is 0 Å². The Hall–Kier alpha value is -3.10. The van der Waals surface area contributed by atoms with Crippen LogP contribution in [0.2, 0.25) is 0 Å². The van der Waals surface area contributed by atoms with Gasteiger partial charge in [-0.25, -0.2) is 0 Å². The summed E-state index contributed by atoms with van der Waals surface area (Å²) in [7, 11) is 0. The fourth-order valence-corrected chi connectivity index (χ4v) is 3.45. The average Bonchev–Trinajstić information content (AvgIpc) is 2.73.